The summed E-state index contributed by atoms with van der Waals surface area (Å²) in [5, 5.41) is 20.9. The highest BCUT2D eigenvalue weighted by atomic mass is 16.6. The van der Waals surface area contributed by atoms with E-state index in [-0.39, 0.29) is 23.3 Å². The second-order valence-corrected chi connectivity index (χ2v) is 8.55. The first-order chi connectivity index (χ1) is 13.3. The van der Waals surface area contributed by atoms with Crippen molar-refractivity contribution in [3.8, 4) is 5.75 Å². The second kappa shape index (κ2) is 10.1. The molecule has 1 aromatic rings. The molecule has 1 aliphatic rings. The number of phenols is 1. The number of ether oxygens (including phenoxy) is 1. The number of amides is 1. The number of unbranched alkanes of at least 4 members (excludes halogenated alkanes) is 3. The van der Waals surface area contributed by atoms with Gasteiger partial charge in [0.1, 0.15) is 5.75 Å². The molecule has 1 aromatic carbocycles. The van der Waals surface area contributed by atoms with Crippen LogP contribution < -0.4 is 0 Å². The number of hydrogen-bond acceptors (Lipinski definition) is 4. The van der Waals surface area contributed by atoms with Gasteiger partial charge in [-0.25, -0.2) is 4.79 Å². The zero-order valence-electron chi connectivity index (χ0n) is 17.9. The Bertz CT molecular complexity index is 643. The van der Waals surface area contributed by atoms with Gasteiger partial charge >= 0.3 is 6.09 Å². The Morgan fingerprint density at radius 2 is 2.00 bits per heavy atom. The molecule has 0 aromatic heterocycles. The molecular formula is C23H37NO4. The summed E-state index contributed by atoms with van der Waals surface area (Å²) in [6.45, 7) is 9.14. The molecule has 2 unspecified atom stereocenters. The van der Waals surface area contributed by atoms with Crippen LogP contribution in [0.2, 0.25) is 0 Å². The van der Waals surface area contributed by atoms with Crippen LogP contribution in [0.1, 0.15) is 89.8 Å². The molecule has 5 nitrogen and oxygen atoms in total. The van der Waals surface area contributed by atoms with Crippen LogP contribution in [0.4, 0.5) is 4.79 Å². The van der Waals surface area contributed by atoms with Gasteiger partial charge < -0.3 is 19.8 Å². The lowest BCUT2D eigenvalue weighted by Crippen LogP contribution is -2.43. The van der Waals surface area contributed by atoms with Crippen LogP contribution in [0.5, 0.6) is 5.75 Å². The number of aromatic hydroxyl groups is 1. The first-order valence-corrected chi connectivity index (χ1v) is 10.7. The van der Waals surface area contributed by atoms with Crippen molar-refractivity contribution in [3.05, 3.63) is 29.3 Å². The number of benzene rings is 1. The van der Waals surface area contributed by atoms with E-state index in [0.29, 0.717) is 31.6 Å². The Balaban J connectivity index is 2.20. The largest absolute Gasteiger partial charge is 0.508 e. The van der Waals surface area contributed by atoms with Crippen LogP contribution in [0.3, 0.4) is 0 Å². The van der Waals surface area contributed by atoms with Gasteiger partial charge in [-0.2, -0.15) is 0 Å². The van der Waals surface area contributed by atoms with Crippen molar-refractivity contribution < 1.29 is 19.7 Å². The van der Waals surface area contributed by atoms with Crippen molar-refractivity contribution in [2.24, 2.45) is 0 Å². The zero-order valence-corrected chi connectivity index (χ0v) is 17.9. The lowest BCUT2D eigenvalue weighted by Gasteiger charge is -2.37. The SMILES string of the molecule is CCCCCCC(C)(C)c1ccc(C2CC(O)CCN2C(=O)OCC)c(O)c1. The first kappa shape index (κ1) is 22.5. The molecule has 1 amide bonds. The van der Waals surface area contributed by atoms with Gasteiger partial charge in [0, 0.05) is 12.1 Å². The fourth-order valence-corrected chi connectivity index (χ4v) is 4.05. The zero-order chi connectivity index (χ0) is 20.7. The Labute approximate surface area is 169 Å². The third-order valence-electron chi connectivity index (χ3n) is 5.90. The number of aliphatic hydroxyl groups is 1. The normalized spacial score (nSPS) is 20.2. The molecule has 158 valence electrons. The van der Waals surface area contributed by atoms with E-state index in [0.717, 1.165) is 12.0 Å². The summed E-state index contributed by atoms with van der Waals surface area (Å²) >= 11 is 0. The van der Waals surface area contributed by atoms with E-state index < -0.39 is 6.10 Å². The van der Waals surface area contributed by atoms with Gasteiger partial charge in [0.25, 0.3) is 0 Å². The number of likely N-dealkylation sites (tertiary alicyclic amines) is 1. The van der Waals surface area contributed by atoms with Crippen molar-refractivity contribution in [1.29, 1.82) is 0 Å². The molecule has 0 radical (unpaired) electrons. The van der Waals surface area contributed by atoms with Crippen molar-refractivity contribution >= 4 is 6.09 Å². The third kappa shape index (κ3) is 5.63. The monoisotopic (exact) mass is 391 g/mol. The van der Waals surface area contributed by atoms with E-state index in [2.05, 4.69) is 26.8 Å². The fourth-order valence-electron chi connectivity index (χ4n) is 4.05. The van der Waals surface area contributed by atoms with Crippen LogP contribution in [0.25, 0.3) is 0 Å². The molecule has 0 spiro atoms. The van der Waals surface area contributed by atoms with Gasteiger partial charge in [-0.1, -0.05) is 58.6 Å². The first-order valence-electron chi connectivity index (χ1n) is 10.7. The summed E-state index contributed by atoms with van der Waals surface area (Å²) in [6, 6.07) is 5.43. The van der Waals surface area contributed by atoms with Crippen LogP contribution in [-0.4, -0.2) is 40.5 Å². The number of hydrogen-bond donors (Lipinski definition) is 2. The van der Waals surface area contributed by atoms with E-state index in [9.17, 15) is 15.0 Å². The summed E-state index contributed by atoms with van der Waals surface area (Å²) in [7, 11) is 0. The highest BCUT2D eigenvalue weighted by Gasteiger charge is 2.34. The topological polar surface area (TPSA) is 70.0 Å². The van der Waals surface area contributed by atoms with E-state index >= 15 is 0 Å². The number of aliphatic hydroxyl groups excluding tert-OH is 1. The summed E-state index contributed by atoms with van der Waals surface area (Å²) in [6.07, 6.45) is 6.03. The third-order valence-corrected chi connectivity index (χ3v) is 5.90. The number of carbonyl (C=O) groups excluding carboxylic acids is 1. The van der Waals surface area contributed by atoms with Gasteiger partial charge in [0.2, 0.25) is 0 Å². The molecule has 1 fully saturated rings. The Morgan fingerprint density at radius 3 is 2.64 bits per heavy atom. The fraction of sp³-hybridized carbons (Fsp3) is 0.696. The van der Waals surface area contributed by atoms with Crippen molar-refractivity contribution in [3.63, 3.8) is 0 Å². The predicted molar refractivity (Wildman–Crippen MR) is 112 cm³/mol. The number of piperidine rings is 1. The maximum atomic E-state index is 12.3. The van der Waals surface area contributed by atoms with Crippen molar-refractivity contribution in [1.82, 2.24) is 4.90 Å². The van der Waals surface area contributed by atoms with Gasteiger partial charge in [-0.15, -0.1) is 0 Å². The number of phenolic OH excluding ortho intramolecular Hbond substituents is 1. The average molecular weight is 392 g/mol. The number of rotatable bonds is 8. The van der Waals surface area contributed by atoms with Crippen molar-refractivity contribution in [2.45, 2.75) is 90.2 Å². The summed E-state index contributed by atoms with van der Waals surface area (Å²) in [5.41, 5.74) is 1.76. The highest BCUT2D eigenvalue weighted by Crippen LogP contribution is 2.39. The maximum absolute atomic E-state index is 12.3. The smallest absolute Gasteiger partial charge is 0.410 e. The summed E-state index contributed by atoms with van der Waals surface area (Å²) in [4.78, 5) is 14.0. The van der Waals surface area contributed by atoms with E-state index in [1.807, 2.05) is 12.1 Å². The molecule has 5 heteroatoms. The molecule has 28 heavy (non-hydrogen) atoms. The highest BCUT2D eigenvalue weighted by molar-refractivity contribution is 5.69. The van der Waals surface area contributed by atoms with Crippen LogP contribution >= 0.6 is 0 Å². The standard InChI is InChI=1S/C23H37NO4/c1-5-7-8-9-13-23(3,4)17-10-11-19(21(26)15-17)20-16-18(25)12-14-24(20)22(27)28-6-2/h10-11,15,18,20,25-26H,5-9,12-14,16H2,1-4H3. The van der Waals surface area contributed by atoms with Gasteiger partial charge in [0.15, 0.2) is 0 Å². The Morgan fingerprint density at radius 1 is 1.25 bits per heavy atom. The van der Waals surface area contributed by atoms with E-state index in [4.69, 9.17) is 4.74 Å². The minimum absolute atomic E-state index is 0.0172. The van der Waals surface area contributed by atoms with Crippen LogP contribution in [-0.2, 0) is 10.2 Å². The summed E-state index contributed by atoms with van der Waals surface area (Å²) < 4.78 is 5.17. The predicted octanol–water partition coefficient (Wildman–Crippen LogP) is 5.29. The average Bonchev–Trinajstić information content (AvgIpc) is 2.65. The van der Waals surface area contributed by atoms with Crippen LogP contribution in [0, 0.1) is 0 Å². The van der Waals surface area contributed by atoms with Crippen molar-refractivity contribution in [2.75, 3.05) is 13.2 Å². The maximum Gasteiger partial charge on any atom is 0.410 e. The molecule has 0 aliphatic carbocycles. The quantitative estimate of drug-likeness (QED) is 0.590. The van der Waals surface area contributed by atoms with Gasteiger partial charge in [0.05, 0.1) is 18.8 Å². The summed E-state index contributed by atoms with van der Waals surface area (Å²) in [5.74, 6) is 0.188. The number of nitrogens with zero attached hydrogens (tertiary/aromatic N) is 1. The Hall–Kier alpha value is -1.75. The van der Waals surface area contributed by atoms with E-state index in [1.165, 1.54) is 25.7 Å². The molecule has 1 heterocycles. The van der Waals surface area contributed by atoms with Gasteiger partial charge in [-0.3, -0.25) is 0 Å². The molecule has 2 rings (SSSR count). The lowest BCUT2D eigenvalue weighted by molar-refractivity contribution is 0.0295. The van der Waals surface area contributed by atoms with E-state index in [1.54, 1.807) is 11.8 Å². The minimum atomic E-state index is -0.482. The molecule has 2 N–H and O–H groups in total. The lowest BCUT2D eigenvalue weighted by atomic mass is 9.79. The Kier molecular flexibility index (Phi) is 8.17. The molecule has 0 saturated carbocycles. The molecular weight excluding hydrogens is 354 g/mol. The van der Waals surface area contributed by atoms with Gasteiger partial charge in [-0.05, 0) is 43.2 Å². The van der Waals surface area contributed by atoms with Crippen LogP contribution in [0.15, 0.2) is 18.2 Å². The molecule has 2 atom stereocenters. The molecule has 1 aliphatic heterocycles. The number of carbonyl (C=O) groups is 1. The molecule has 1 saturated heterocycles. The second-order valence-electron chi connectivity index (χ2n) is 8.55. The minimum Gasteiger partial charge on any atom is -0.508 e. The molecule has 0 bridgehead atoms.